The van der Waals surface area contributed by atoms with E-state index in [1.807, 2.05) is 0 Å². The van der Waals surface area contributed by atoms with Crippen LogP contribution in [0, 0.1) is 22.9 Å². The molecular formula is C14H18FN3O2. The van der Waals surface area contributed by atoms with Gasteiger partial charge < -0.3 is 10.6 Å². The second-order valence-corrected chi connectivity index (χ2v) is 5.83. The van der Waals surface area contributed by atoms with E-state index in [1.54, 1.807) is 6.92 Å². The Balaban J connectivity index is 1.83. The molecule has 20 heavy (non-hydrogen) atoms. The Labute approximate surface area is 116 Å². The summed E-state index contributed by atoms with van der Waals surface area (Å²) in [4.78, 5) is 10.5. The summed E-state index contributed by atoms with van der Waals surface area (Å²) in [5.74, 6) is -0.535. The number of anilines is 1. The van der Waals surface area contributed by atoms with Gasteiger partial charge in [-0.3, -0.25) is 10.1 Å². The highest BCUT2D eigenvalue weighted by Crippen LogP contribution is 2.33. The minimum Gasteiger partial charge on any atom is -0.377 e. The number of nitrogens with one attached hydrogen (secondary N) is 2. The number of hydrogen-bond donors (Lipinski definition) is 2. The number of nitrogens with zero attached hydrogens (tertiary/aromatic N) is 1. The first-order valence-corrected chi connectivity index (χ1v) is 7.00. The largest absolute Gasteiger partial charge is 0.377 e. The summed E-state index contributed by atoms with van der Waals surface area (Å²) in [6, 6.07) is 3.78. The molecule has 2 heterocycles. The maximum absolute atomic E-state index is 13.5. The van der Waals surface area contributed by atoms with Crippen LogP contribution in [0.25, 0.3) is 0 Å². The van der Waals surface area contributed by atoms with Crippen molar-refractivity contribution in [3.05, 3.63) is 33.6 Å². The number of hydrogen-bond acceptors (Lipinski definition) is 4. The van der Waals surface area contributed by atoms with E-state index in [9.17, 15) is 14.5 Å². The molecule has 0 aromatic heterocycles. The summed E-state index contributed by atoms with van der Waals surface area (Å²) in [6.45, 7) is 1.62. The van der Waals surface area contributed by atoms with Crippen LogP contribution >= 0.6 is 0 Å². The molecule has 5 nitrogen and oxygen atoms in total. The number of fused-ring (bicyclic) bond motifs is 2. The normalized spacial score (nSPS) is 28.4. The first-order chi connectivity index (χ1) is 9.52. The molecule has 0 amide bonds. The highest BCUT2D eigenvalue weighted by Gasteiger charge is 2.34. The van der Waals surface area contributed by atoms with Gasteiger partial charge in [0.05, 0.1) is 11.0 Å². The first-order valence-electron chi connectivity index (χ1n) is 7.00. The zero-order valence-corrected chi connectivity index (χ0v) is 11.4. The summed E-state index contributed by atoms with van der Waals surface area (Å²) < 4.78 is 13.5. The zero-order valence-electron chi connectivity index (χ0n) is 11.4. The number of aryl methyl sites for hydroxylation is 1. The molecular weight excluding hydrogens is 261 g/mol. The highest BCUT2D eigenvalue weighted by molar-refractivity contribution is 5.63. The van der Waals surface area contributed by atoms with Crippen molar-refractivity contribution in [2.45, 2.75) is 50.7 Å². The van der Waals surface area contributed by atoms with Crippen molar-refractivity contribution in [2.75, 3.05) is 5.32 Å². The molecule has 0 spiro atoms. The van der Waals surface area contributed by atoms with Gasteiger partial charge in [0.25, 0.3) is 5.69 Å². The molecule has 2 saturated heterocycles. The minimum absolute atomic E-state index is 0.182. The quantitative estimate of drug-likeness (QED) is 0.659. The fourth-order valence-electron chi connectivity index (χ4n) is 3.33. The van der Waals surface area contributed by atoms with Crippen LogP contribution in [-0.2, 0) is 0 Å². The van der Waals surface area contributed by atoms with Gasteiger partial charge in [-0.1, -0.05) is 0 Å². The molecule has 1 aromatic carbocycles. The van der Waals surface area contributed by atoms with Gasteiger partial charge >= 0.3 is 0 Å². The van der Waals surface area contributed by atoms with E-state index in [-0.39, 0.29) is 11.7 Å². The Morgan fingerprint density at radius 2 is 2.00 bits per heavy atom. The second kappa shape index (κ2) is 5.01. The number of rotatable bonds is 3. The molecule has 0 radical (unpaired) electrons. The van der Waals surface area contributed by atoms with E-state index in [1.165, 1.54) is 18.9 Å². The molecule has 2 fully saturated rings. The van der Waals surface area contributed by atoms with Crippen molar-refractivity contribution >= 4 is 11.4 Å². The van der Waals surface area contributed by atoms with Gasteiger partial charge in [0.15, 0.2) is 0 Å². The Hall–Kier alpha value is -1.69. The van der Waals surface area contributed by atoms with Gasteiger partial charge in [0, 0.05) is 18.1 Å². The van der Waals surface area contributed by atoms with Crippen LogP contribution in [0.15, 0.2) is 12.1 Å². The molecule has 108 valence electrons. The van der Waals surface area contributed by atoms with Crippen molar-refractivity contribution in [2.24, 2.45) is 0 Å². The van der Waals surface area contributed by atoms with Gasteiger partial charge in [0.2, 0.25) is 0 Å². The average Bonchev–Trinajstić information content (AvgIpc) is 2.72. The van der Waals surface area contributed by atoms with Gasteiger partial charge in [-0.25, -0.2) is 4.39 Å². The molecule has 2 bridgehead atoms. The van der Waals surface area contributed by atoms with Crippen LogP contribution in [0.5, 0.6) is 0 Å². The highest BCUT2D eigenvalue weighted by atomic mass is 19.1. The minimum atomic E-state index is -0.535. The van der Waals surface area contributed by atoms with E-state index >= 15 is 0 Å². The maximum Gasteiger partial charge on any atom is 0.295 e. The lowest BCUT2D eigenvalue weighted by molar-refractivity contribution is -0.384. The van der Waals surface area contributed by atoms with Crippen molar-refractivity contribution in [1.82, 2.24) is 5.32 Å². The fourth-order valence-corrected chi connectivity index (χ4v) is 3.33. The molecule has 2 N–H and O–H groups in total. The molecule has 2 atom stereocenters. The Bertz CT molecular complexity index is 537. The topological polar surface area (TPSA) is 67.2 Å². The van der Waals surface area contributed by atoms with Crippen molar-refractivity contribution in [1.29, 1.82) is 0 Å². The Morgan fingerprint density at radius 3 is 2.60 bits per heavy atom. The SMILES string of the molecule is Cc1cc(NC2CC3CCC(C2)N3)c([N+](=O)[O-])cc1F. The lowest BCUT2D eigenvalue weighted by Crippen LogP contribution is -2.43. The van der Waals surface area contributed by atoms with E-state index in [2.05, 4.69) is 10.6 Å². The van der Waals surface area contributed by atoms with Gasteiger partial charge in [0.1, 0.15) is 11.5 Å². The molecule has 0 aliphatic carbocycles. The average molecular weight is 279 g/mol. The number of piperidine rings is 1. The van der Waals surface area contributed by atoms with Crippen LogP contribution in [0.2, 0.25) is 0 Å². The van der Waals surface area contributed by atoms with Crippen LogP contribution < -0.4 is 10.6 Å². The van der Waals surface area contributed by atoms with Crippen LogP contribution in [-0.4, -0.2) is 23.0 Å². The third-order valence-electron chi connectivity index (χ3n) is 4.31. The summed E-state index contributed by atoms with van der Waals surface area (Å²) in [5, 5.41) is 17.8. The van der Waals surface area contributed by atoms with E-state index in [0.29, 0.717) is 23.3 Å². The standard InChI is InChI=1S/C14H18FN3O2/c1-8-4-13(14(18(19)20)7-12(8)15)17-11-5-9-2-3-10(6-11)16-9/h4,7,9-11,16-17H,2-3,5-6H2,1H3. The number of halogens is 1. The lowest BCUT2D eigenvalue weighted by atomic mass is 9.99. The molecule has 6 heteroatoms. The van der Waals surface area contributed by atoms with Crippen molar-refractivity contribution in [3.8, 4) is 0 Å². The monoisotopic (exact) mass is 279 g/mol. The third-order valence-corrected chi connectivity index (χ3v) is 4.31. The number of benzene rings is 1. The van der Waals surface area contributed by atoms with Crippen LogP contribution in [0.1, 0.15) is 31.2 Å². The fraction of sp³-hybridized carbons (Fsp3) is 0.571. The number of nitro benzene ring substituents is 1. The van der Waals surface area contributed by atoms with E-state index < -0.39 is 10.7 Å². The predicted molar refractivity (Wildman–Crippen MR) is 74.4 cm³/mol. The molecule has 3 rings (SSSR count). The van der Waals surface area contributed by atoms with Crippen LogP contribution in [0.3, 0.4) is 0 Å². The summed E-state index contributed by atoms with van der Waals surface area (Å²) >= 11 is 0. The third kappa shape index (κ3) is 2.47. The predicted octanol–water partition coefficient (Wildman–Crippen LogP) is 2.74. The number of nitro groups is 1. The molecule has 2 aliphatic heterocycles. The molecule has 0 saturated carbocycles. The Morgan fingerprint density at radius 1 is 1.35 bits per heavy atom. The lowest BCUT2D eigenvalue weighted by Gasteiger charge is -2.30. The Kier molecular flexibility index (Phi) is 3.33. The summed E-state index contributed by atoms with van der Waals surface area (Å²) in [7, 11) is 0. The smallest absolute Gasteiger partial charge is 0.295 e. The van der Waals surface area contributed by atoms with E-state index in [4.69, 9.17) is 0 Å². The van der Waals surface area contributed by atoms with Crippen molar-refractivity contribution in [3.63, 3.8) is 0 Å². The maximum atomic E-state index is 13.5. The van der Waals surface area contributed by atoms with Gasteiger partial charge in [-0.05, 0) is 44.2 Å². The zero-order chi connectivity index (χ0) is 14.3. The molecule has 1 aromatic rings. The van der Waals surface area contributed by atoms with Crippen molar-refractivity contribution < 1.29 is 9.31 Å². The second-order valence-electron chi connectivity index (χ2n) is 5.83. The molecule has 2 unspecified atom stereocenters. The van der Waals surface area contributed by atoms with E-state index in [0.717, 1.165) is 18.9 Å². The van der Waals surface area contributed by atoms with Gasteiger partial charge in [-0.2, -0.15) is 0 Å². The summed E-state index contributed by atoms with van der Waals surface area (Å²) in [6.07, 6.45) is 4.27. The molecule has 2 aliphatic rings. The van der Waals surface area contributed by atoms with Crippen LogP contribution in [0.4, 0.5) is 15.8 Å². The summed E-state index contributed by atoms with van der Waals surface area (Å²) in [5.41, 5.74) is 0.675. The first kappa shape index (κ1) is 13.3. The van der Waals surface area contributed by atoms with Gasteiger partial charge in [-0.15, -0.1) is 0 Å².